The van der Waals surface area contributed by atoms with Crippen LogP contribution in [0.1, 0.15) is 25.7 Å². The first kappa shape index (κ1) is 25.6. The Morgan fingerprint density at radius 3 is 2.70 bits per heavy atom. The lowest BCUT2D eigenvalue weighted by molar-refractivity contribution is -0.116. The quantitative estimate of drug-likeness (QED) is 0.176. The zero-order chi connectivity index (χ0) is 26.2. The maximum atomic E-state index is 14.5. The summed E-state index contributed by atoms with van der Waals surface area (Å²) >= 11 is 0. The van der Waals surface area contributed by atoms with Crippen LogP contribution in [0.5, 0.6) is 5.75 Å². The summed E-state index contributed by atoms with van der Waals surface area (Å²) in [5.74, 6) is -0.445. The molecule has 4 aromatic rings. The molecule has 2 aromatic heterocycles. The molecular formula is C27H28F2N6O2. The van der Waals surface area contributed by atoms with Crippen molar-refractivity contribution in [2.45, 2.75) is 32.2 Å². The smallest absolute Gasteiger partial charge is 0.224 e. The number of rotatable bonds is 11. The van der Waals surface area contributed by atoms with Gasteiger partial charge in [-0.3, -0.25) is 9.48 Å². The molecule has 0 bridgehead atoms. The molecule has 0 radical (unpaired) electrons. The number of methoxy groups -OCH3 is 1. The monoisotopic (exact) mass is 506 g/mol. The van der Waals surface area contributed by atoms with E-state index >= 15 is 0 Å². The van der Waals surface area contributed by atoms with Crippen LogP contribution in [0.15, 0.2) is 67.1 Å². The number of nitrogens with zero attached hydrogens (tertiary/aromatic N) is 3. The highest BCUT2D eigenvalue weighted by atomic mass is 19.1. The van der Waals surface area contributed by atoms with Crippen molar-refractivity contribution in [3.8, 4) is 16.9 Å². The Labute approximate surface area is 213 Å². The minimum Gasteiger partial charge on any atom is -0.496 e. The van der Waals surface area contributed by atoms with Crippen LogP contribution < -0.4 is 21.1 Å². The number of hydrogen-bond acceptors (Lipinski definition) is 6. The van der Waals surface area contributed by atoms with Crippen molar-refractivity contribution in [2.75, 3.05) is 23.5 Å². The normalized spacial score (nSPS) is 10.8. The van der Waals surface area contributed by atoms with Crippen molar-refractivity contribution < 1.29 is 18.3 Å². The Morgan fingerprint density at radius 2 is 1.89 bits per heavy atom. The molecule has 10 heteroatoms. The van der Waals surface area contributed by atoms with E-state index in [4.69, 9.17) is 10.5 Å². The summed E-state index contributed by atoms with van der Waals surface area (Å²) in [4.78, 5) is 16.2. The Balaban J connectivity index is 1.27. The molecule has 192 valence electrons. The lowest BCUT2D eigenvalue weighted by Crippen LogP contribution is -2.12. The zero-order valence-electron chi connectivity index (χ0n) is 20.4. The number of carbonyl (C=O) groups is 1. The molecule has 37 heavy (non-hydrogen) atoms. The standard InChI is InChI=1S/C27H28F2N6O2/c1-37-25-13-18(28)10-11-20(25)21-14-26(31-16-22(21)29)33-19-15-32-35(17-19)12-6-2-3-9-27(36)34-24-8-5-4-7-23(24)30/h4-5,7-8,10-11,13-17H,2-3,6,9,12,30H2,1H3,(H,31,33)(H,34,36). The number of unbranched alkanes of at least 4 members (excludes halogenated alkanes) is 2. The molecule has 1 amide bonds. The molecule has 8 nitrogen and oxygen atoms in total. The second-order valence-corrected chi connectivity index (χ2v) is 8.46. The lowest BCUT2D eigenvalue weighted by Gasteiger charge is -2.11. The van der Waals surface area contributed by atoms with Gasteiger partial charge in [0, 0.05) is 36.4 Å². The molecule has 0 aliphatic rings. The Hall–Kier alpha value is -4.47. The van der Waals surface area contributed by atoms with Crippen LogP contribution in [0.4, 0.5) is 31.7 Å². The molecule has 0 saturated carbocycles. The fourth-order valence-electron chi connectivity index (χ4n) is 3.86. The summed E-state index contributed by atoms with van der Waals surface area (Å²) in [6.07, 6.45) is 7.47. The van der Waals surface area contributed by atoms with Gasteiger partial charge in [-0.25, -0.2) is 13.8 Å². The lowest BCUT2D eigenvalue weighted by atomic mass is 10.0. The molecule has 0 aliphatic carbocycles. The topological polar surface area (TPSA) is 107 Å². The molecule has 2 aromatic carbocycles. The van der Waals surface area contributed by atoms with Crippen LogP contribution in [-0.2, 0) is 11.3 Å². The van der Waals surface area contributed by atoms with Gasteiger partial charge in [-0.15, -0.1) is 0 Å². The fourth-order valence-corrected chi connectivity index (χ4v) is 3.86. The molecule has 0 atom stereocenters. The molecule has 4 N–H and O–H groups in total. The minimum atomic E-state index is -0.549. The first-order valence-corrected chi connectivity index (χ1v) is 11.9. The molecule has 0 aliphatic heterocycles. The van der Waals surface area contributed by atoms with Crippen molar-refractivity contribution in [2.24, 2.45) is 0 Å². The third-order valence-electron chi connectivity index (χ3n) is 5.74. The van der Waals surface area contributed by atoms with Gasteiger partial charge in [0.25, 0.3) is 0 Å². The molecular weight excluding hydrogens is 478 g/mol. The summed E-state index contributed by atoms with van der Waals surface area (Å²) in [5.41, 5.74) is 8.37. The van der Waals surface area contributed by atoms with Gasteiger partial charge >= 0.3 is 0 Å². The van der Waals surface area contributed by atoms with Crippen LogP contribution in [0, 0.1) is 11.6 Å². The highest BCUT2D eigenvalue weighted by Crippen LogP contribution is 2.33. The van der Waals surface area contributed by atoms with Gasteiger partial charge in [0.2, 0.25) is 5.91 Å². The van der Waals surface area contributed by atoms with Gasteiger partial charge in [0.15, 0.2) is 0 Å². The van der Waals surface area contributed by atoms with Gasteiger partial charge in [0.05, 0.1) is 36.6 Å². The van der Waals surface area contributed by atoms with E-state index in [9.17, 15) is 13.6 Å². The summed E-state index contributed by atoms with van der Waals surface area (Å²) in [7, 11) is 1.40. The highest BCUT2D eigenvalue weighted by Gasteiger charge is 2.14. The Kier molecular flexibility index (Phi) is 8.29. The predicted octanol–water partition coefficient (Wildman–Crippen LogP) is 5.76. The van der Waals surface area contributed by atoms with E-state index in [0.717, 1.165) is 25.5 Å². The van der Waals surface area contributed by atoms with Crippen molar-refractivity contribution >= 4 is 28.8 Å². The number of benzene rings is 2. The number of aryl methyl sites for hydroxylation is 1. The number of amides is 1. The first-order chi connectivity index (χ1) is 17.9. The number of nitrogens with two attached hydrogens (primary N) is 1. The summed E-state index contributed by atoms with van der Waals surface area (Å²) < 4.78 is 35.1. The second kappa shape index (κ2) is 12.0. The van der Waals surface area contributed by atoms with Crippen LogP contribution in [0.3, 0.4) is 0 Å². The minimum absolute atomic E-state index is 0.0621. The van der Waals surface area contributed by atoms with Gasteiger partial charge in [-0.05, 0) is 43.2 Å². The maximum Gasteiger partial charge on any atom is 0.224 e. The molecule has 0 unspecified atom stereocenters. The Bertz CT molecular complexity index is 1370. The van der Waals surface area contributed by atoms with Gasteiger partial charge in [-0.1, -0.05) is 18.6 Å². The molecule has 0 saturated heterocycles. The van der Waals surface area contributed by atoms with E-state index in [1.165, 1.54) is 31.4 Å². The van der Waals surface area contributed by atoms with E-state index in [1.807, 2.05) is 18.3 Å². The number of aromatic nitrogens is 3. The summed E-state index contributed by atoms with van der Waals surface area (Å²) in [6.45, 7) is 0.684. The number of nitrogens with one attached hydrogen (secondary N) is 2. The van der Waals surface area contributed by atoms with Gasteiger partial charge < -0.3 is 21.1 Å². The average molecular weight is 507 g/mol. The number of ether oxygens (including phenoxy) is 1. The van der Waals surface area contributed by atoms with Crippen molar-refractivity contribution in [1.29, 1.82) is 0 Å². The first-order valence-electron chi connectivity index (χ1n) is 11.9. The average Bonchev–Trinajstić information content (AvgIpc) is 3.33. The molecule has 0 fully saturated rings. The van der Waals surface area contributed by atoms with Crippen LogP contribution in [0.2, 0.25) is 0 Å². The number of hydrogen-bond donors (Lipinski definition) is 3. The number of halogens is 2. The number of pyridine rings is 1. The summed E-state index contributed by atoms with van der Waals surface area (Å²) in [6, 6.07) is 12.6. The molecule has 4 rings (SSSR count). The van der Waals surface area contributed by atoms with E-state index in [2.05, 4.69) is 20.7 Å². The summed E-state index contributed by atoms with van der Waals surface area (Å²) in [5, 5.41) is 10.3. The third-order valence-corrected chi connectivity index (χ3v) is 5.74. The largest absolute Gasteiger partial charge is 0.496 e. The van der Waals surface area contributed by atoms with Gasteiger partial charge in [-0.2, -0.15) is 5.10 Å². The van der Waals surface area contributed by atoms with E-state index in [1.54, 1.807) is 23.0 Å². The van der Waals surface area contributed by atoms with Crippen molar-refractivity contribution in [3.63, 3.8) is 0 Å². The van der Waals surface area contributed by atoms with E-state index in [0.29, 0.717) is 41.4 Å². The fraction of sp³-hybridized carbons (Fsp3) is 0.222. The van der Waals surface area contributed by atoms with Crippen molar-refractivity contribution in [1.82, 2.24) is 14.8 Å². The maximum absolute atomic E-state index is 14.5. The second-order valence-electron chi connectivity index (χ2n) is 8.46. The predicted molar refractivity (Wildman–Crippen MR) is 140 cm³/mol. The van der Waals surface area contributed by atoms with Crippen LogP contribution >= 0.6 is 0 Å². The highest BCUT2D eigenvalue weighted by molar-refractivity contribution is 5.93. The van der Waals surface area contributed by atoms with Crippen LogP contribution in [0.25, 0.3) is 11.1 Å². The van der Waals surface area contributed by atoms with E-state index in [-0.39, 0.29) is 17.2 Å². The molecule has 0 spiro atoms. The van der Waals surface area contributed by atoms with Gasteiger partial charge in [0.1, 0.15) is 23.2 Å². The number of anilines is 4. The number of carbonyl (C=O) groups excluding carboxylic acids is 1. The van der Waals surface area contributed by atoms with Crippen molar-refractivity contribution in [3.05, 3.63) is 78.8 Å². The van der Waals surface area contributed by atoms with E-state index < -0.39 is 11.6 Å². The SMILES string of the molecule is COc1cc(F)ccc1-c1cc(Nc2cnn(CCCCCC(=O)Nc3ccccc3N)c2)ncc1F. The Morgan fingerprint density at radius 1 is 1.05 bits per heavy atom. The zero-order valence-corrected chi connectivity index (χ0v) is 20.4. The number of nitrogen functional groups attached to an aromatic ring is 1. The third kappa shape index (κ3) is 6.81. The number of para-hydroxylation sites is 2. The molecule has 2 heterocycles. The van der Waals surface area contributed by atoms with Crippen LogP contribution in [-0.4, -0.2) is 27.8 Å².